The van der Waals surface area contributed by atoms with Crippen molar-refractivity contribution in [2.45, 2.75) is 33.1 Å². The van der Waals surface area contributed by atoms with Crippen LogP contribution in [0.2, 0.25) is 0 Å². The standard InChI is InChI=1S/C18H20.2ClH.Zr/c1-12-8-9-13(2)18-16(12)10-11-17(18)14(3)15-6-4-5-7-15;;;/h4-6,8-11,14,17H,7H2,1-3H3;2*1H;/q;;;+2/p-2. The van der Waals surface area contributed by atoms with Crippen LogP contribution in [-0.2, 0) is 26.2 Å². The molecule has 0 radical (unpaired) electrons. The second-order valence-corrected chi connectivity index (χ2v) is 5.57. The van der Waals surface area contributed by atoms with Crippen molar-refractivity contribution in [3.05, 3.63) is 64.3 Å². The molecule has 0 nitrogen and oxygen atoms in total. The molecule has 1 aromatic carbocycles. The Morgan fingerprint density at radius 1 is 1.10 bits per heavy atom. The second kappa shape index (κ2) is 8.51. The second-order valence-electron chi connectivity index (χ2n) is 5.57. The van der Waals surface area contributed by atoms with Gasteiger partial charge in [0.05, 0.1) is 0 Å². The van der Waals surface area contributed by atoms with Crippen molar-refractivity contribution in [3.63, 3.8) is 0 Å². The van der Waals surface area contributed by atoms with E-state index in [4.69, 9.17) is 0 Å². The predicted molar refractivity (Wildman–Crippen MR) is 78.7 cm³/mol. The van der Waals surface area contributed by atoms with Gasteiger partial charge in [0.25, 0.3) is 0 Å². The molecule has 0 heterocycles. The smallest absolute Gasteiger partial charge is 1.00 e. The molecule has 3 rings (SSSR count). The summed E-state index contributed by atoms with van der Waals surface area (Å²) in [6.07, 6.45) is 12.6. The van der Waals surface area contributed by atoms with E-state index in [1.165, 1.54) is 16.7 Å². The molecule has 21 heavy (non-hydrogen) atoms. The summed E-state index contributed by atoms with van der Waals surface area (Å²) in [7, 11) is 0. The van der Waals surface area contributed by atoms with Crippen molar-refractivity contribution in [1.29, 1.82) is 0 Å². The van der Waals surface area contributed by atoms with E-state index in [9.17, 15) is 0 Å². The summed E-state index contributed by atoms with van der Waals surface area (Å²) in [6.45, 7) is 6.82. The maximum Gasteiger partial charge on any atom is 2.00 e. The molecule has 0 saturated carbocycles. The zero-order chi connectivity index (χ0) is 12.7. The van der Waals surface area contributed by atoms with Crippen molar-refractivity contribution in [2.75, 3.05) is 0 Å². The van der Waals surface area contributed by atoms with E-state index in [2.05, 4.69) is 63.3 Å². The molecule has 0 spiro atoms. The van der Waals surface area contributed by atoms with E-state index >= 15 is 0 Å². The number of allylic oxidation sites excluding steroid dienone is 5. The number of hydrogen-bond acceptors (Lipinski definition) is 0. The van der Waals surface area contributed by atoms with Crippen LogP contribution in [0.15, 0.2) is 42.0 Å². The average molecular weight is 398 g/mol. The van der Waals surface area contributed by atoms with Gasteiger partial charge in [0.1, 0.15) is 0 Å². The van der Waals surface area contributed by atoms with Crippen LogP contribution >= 0.6 is 0 Å². The molecule has 2 aliphatic rings. The molecule has 2 aliphatic carbocycles. The number of halogens is 2. The van der Waals surface area contributed by atoms with Gasteiger partial charge < -0.3 is 24.8 Å². The third-order valence-electron chi connectivity index (χ3n) is 4.45. The fourth-order valence-corrected chi connectivity index (χ4v) is 3.26. The molecule has 2 atom stereocenters. The molecule has 0 aliphatic heterocycles. The maximum atomic E-state index is 2.40. The molecule has 3 heteroatoms. The summed E-state index contributed by atoms with van der Waals surface area (Å²) >= 11 is 0. The fourth-order valence-electron chi connectivity index (χ4n) is 3.26. The van der Waals surface area contributed by atoms with Gasteiger partial charge in [0.15, 0.2) is 0 Å². The monoisotopic (exact) mass is 396 g/mol. The molecule has 0 N–H and O–H groups in total. The third kappa shape index (κ3) is 3.81. The Bertz CT molecular complexity index is 585. The van der Waals surface area contributed by atoms with E-state index in [-0.39, 0.29) is 51.0 Å². The minimum Gasteiger partial charge on any atom is -1.00 e. The molecular weight excluding hydrogens is 378 g/mol. The van der Waals surface area contributed by atoms with E-state index in [0.717, 1.165) is 6.42 Å². The minimum absolute atomic E-state index is 0. The number of aryl methyl sites for hydroxylation is 2. The van der Waals surface area contributed by atoms with Gasteiger partial charge in [-0.1, -0.05) is 55.0 Å². The summed E-state index contributed by atoms with van der Waals surface area (Å²) in [5.41, 5.74) is 7.41. The van der Waals surface area contributed by atoms with Crippen molar-refractivity contribution < 1.29 is 51.0 Å². The number of fused-ring (bicyclic) bond motifs is 1. The molecule has 0 aromatic heterocycles. The van der Waals surface area contributed by atoms with Crippen molar-refractivity contribution >= 4 is 6.08 Å². The van der Waals surface area contributed by atoms with Crippen LogP contribution in [0.4, 0.5) is 0 Å². The third-order valence-corrected chi connectivity index (χ3v) is 4.45. The maximum absolute atomic E-state index is 2.40. The summed E-state index contributed by atoms with van der Waals surface area (Å²) in [5.74, 6) is 1.17. The first-order valence-corrected chi connectivity index (χ1v) is 6.82. The van der Waals surface area contributed by atoms with Gasteiger partial charge in [-0.05, 0) is 48.4 Å². The Morgan fingerprint density at radius 2 is 1.76 bits per heavy atom. The number of rotatable bonds is 2. The number of hydrogen-bond donors (Lipinski definition) is 0. The Kier molecular flexibility index (Phi) is 8.47. The molecule has 2 unspecified atom stereocenters. The van der Waals surface area contributed by atoms with Crippen molar-refractivity contribution in [3.8, 4) is 0 Å². The van der Waals surface area contributed by atoms with E-state index in [1.54, 1.807) is 11.1 Å². The predicted octanol–water partition coefficient (Wildman–Crippen LogP) is -1.06. The zero-order valence-electron chi connectivity index (χ0n) is 12.7. The van der Waals surface area contributed by atoms with E-state index in [0.29, 0.717) is 11.8 Å². The molecule has 110 valence electrons. The quantitative estimate of drug-likeness (QED) is 0.596. The van der Waals surface area contributed by atoms with E-state index < -0.39 is 0 Å². The molecule has 0 fully saturated rings. The first-order chi connectivity index (χ1) is 8.68. The van der Waals surface area contributed by atoms with Gasteiger partial charge in [-0.3, -0.25) is 0 Å². The van der Waals surface area contributed by atoms with Crippen LogP contribution in [0.3, 0.4) is 0 Å². The summed E-state index contributed by atoms with van der Waals surface area (Å²) in [5, 5.41) is 0. The fraction of sp³-hybridized carbons (Fsp3) is 0.333. The Balaban J connectivity index is 0.00000133. The molecule has 0 saturated heterocycles. The summed E-state index contributed by atoms with van der Waals surface area (Å²) in [4.78, 5) is 0. The average Bonchev–Trinajstić information content (AvgIpc) is 3.01. The zero-order valence-corrected chi connectivity index (χ0v) is 16.6. The van der Waals surface area contributed by atoms with Gasteiger partial charge in [0.2, 0.25) is 0 Å². The molecule has 1 aromatic rings. The van der Waals surface area contributed by atoms with Crippen molar-refractivity contribution in [2.24, 2.45) is 5.92 Å². The van der Waals surface area contributed by atoms with Crippen LogP contribution in [0, 0.1) is 19.8 Å². The van der Waals surface area contributed by atoms with Gasteiger partial charge in [0, 0.05) is 5.92 Å². The molecular formula is C18H20Cl2Zr. The van der Waals surface area contributed by atoms with Crippen LogP contribution < -0.4 is 24.8 Å². The van der Waals surface area contributed by atoms with Gasteiger partial charge in [-0.2, -0.15) is 0 Å². The normalized spacial score (nSPS) is 19.0. The van der Waals surface area contributed by atoms with Gasteiger partial charge in [-0.25, -0.2) is 0 Å². The first-order valence-electron chi connectivity index (χ1n) is 6.82. The Morgan fingerprint density at radius 3 is 2.38 bits per heavy atom. The Labute approximate surface area is 159 Å². The summed E-state index contributed by atoms with van der Waals surface area (Å²) in [6, 6.07) is 4.50. The summed E-state index contributed by atoms with van der Waals surface area (Å²) < 4.78 is 0. The van der Waals surface area contributed by atoms with Crippen LogP contribution in [0.5, 0.6) is 0 Å². The first kappa shape index (κ1) is 20.9. The van der Waals surface area contributed by atoms with Gasteiger partial charge in [-0.15, -0.1) is 0 Å². The number of benzene rings is 1. The van der Waals surface area contributed by atoms with E-state index in [1.807, 2.05) is 0 Å². The molecule has 0 amide bonds. The Hall–Kier alpha value is -0.0969. The minimum atomic E-state index is 0. The SMILES string of the molecule is Cc1ccc(C)c2c1C=CC2C(C)C1=CC=CC1.[Cl-].[Cl-].[Zr+2]. The largest absolute Gasteiger partial charge is 2.00 e. The topological polar surface area (TPSA) is 0 Å². The molecule has 0 bridgehead atoms. The van der Waals surface area contributed by atoms with Crippen LogP contribution in [-0.4, -0.2) is 0 Å². The van der Waals surface area contributed by atoms with Crippen LogP contribution in [0.25, 0.3) is 6.08 Å². The van der Waals surface area contributed by atoms with Crippen LogP contribution in [0.1, 0.15) is 41.5 Å². The van der Waals surface area contributed by atoms with Crippen molar-refractivity contribution in [1.82, 2.24) is 0 Å². The van der Waals surface area contributed by atoms with Gasteiger partial charge >= 0.3 is 26.2 Å².